The summed E-state index contributed by atoms with van der Waals surface area (Å²) in [5.74, 6) is 1.36. The molecule has 3 aromatic carbocycles. The Kier molecular flexibility index (Phi) is 6.76. The smallest absolute Gasteiger partial charge is 0.407 e. The van der Waals surface area contributed by atoms with Crippen LogP contribution in [0.5, 0.6) is 23.0 Å². The third-order valence-corrected chi connectivity index (χ3v) is 8.20. The zero-order valence-corrected chi connectivity index (χ0v) is 22.7. The maximum atomic E-state index is 13.0. The zero-order valence-electron chi connectivity index (χ0n) is 22.7. The van der Waals surface area contributed by atoms with Gasteiger partial charge in [-0.05, 0) is 36.1 Å². The van der Waals surface area contributed by atoms with E-state index in [4.69, 9.17) is 29.2 Å². The van der Waals surface area contributed by atoms with E-state index in [1.165, 1.54) is 7.11 Å². The lowest BCUT2D eigenvalue weighted by Crippen LogP contribution is -2.52. The van der Waals surface area contributed by atoms with Crippen LogP contribution < -0.4 is 29.2 Å². The molecule has 2 heterocycles. The fraction of sp³-hybridized carbons (Fsp3) is 0.367. The number of alkyl carbamates (subject to hydrolysis) is 1. The van der Waals surface area contributed by atoms with Crippen LogP contribution in [-0.2, 0) is 15.9 Å². The minimum Gasteiger partial charge on any atom is -0.497 e. The number of unbranched alkanes of at least 4 members (excludes halogenated alkanes) is 1. The highest BCUT2D eigenvalue weighted by Gasteiger charge is 2.80. The lowest BCUT2D eigenvalue weighted by molar-refractivity contribution is -0.147. The summed E-state index contributed by atoms with van der Waals surface area (Å²) >= 11 is 0. The molecule has 5 atom stereocenters. The van der Waals surface area contributed by atoms with Crippen LogP contribution in [0.2, 0.25) is 0 Å². The summed E-state index contributed by atoms with van der Waals surface area (Å²) < 4.78 is 30.0. The number of carbonyl (C=O) groups is 1. The number of ether oxygens (including phenoxy) is 5. The van der Waals surface area contributed by atoms with Crippen LogP contribution in [0, 0.1) is 5.53 Å². The fourth-order valence-electron chi connectivity index (χ4n) is 6.57. The van der Waals surface area contributed by atoms with E-state index >= 15 is 0 Å². The molecule has 2 aliphatic heterocycles. The molecule has 0 radical (unpaired) electrons. The van der Waals surface area contributed by atoms with Crippen molar-refractivity contribution < 1.29 is 33.6 Å². The van der Waals surface area contributed by atoms with E-state index in [9.17, 15) is 9.90 Å². The number of fused-ring (bicyclic) bond motifs is 5. The van der Waals surface area contributed by atoms with Gasteiger partial charge in [0.15, 0.2) is 17.3 Å². The van der Waals surface area contributed by atoms with Crippen molar-refractivity contribution in [2.75, 3.05) is 27.4 Å². The molecule has 0 spiro atoms. The van der Waals surface area contributed by atoms with Crippen LogP contribution in [0.15, 0.2) is 71.8 Å². The normalized spacial score (nSPS) is 26.9. The number of methoxy groups -OCH3 is 2. The molecule has 1 amide bonds. The number of hydrogen-bond donors (Lipinski definition) is 3. The van der Waals surface area contributed by atoms with Gasteiger partial charge < -0.3 is 34.1 Å². The molecule has 1 aliphatic carbocycles. The molecule has 212 valence electrons. The first-order valence-corrected chi connectivity index (χ1v) is 13.4. The predicted octanol–water partition coefficient (Wildman–Crippen LogP) is 4.16. The third-order valence-electron chi connectivity index (χ3n) is 8.20. The van der Waals surface area contributed by atoms with Gasteiger partial charge in [0.1, 0.15) is 40.2 Å². The van der Waals surface area contributed by atoms with E-state index in [1.807, 2.05) is 54.6 Å². The Morgan fingerprint density at radius 2 is 1.83 bits per heavy atom. The van der Waals surface area contributed by atoms with E-state index in [0.717, 1.165) is 12.0 Å². The molecule has 0 unspecified atom stereocenters. The summed E-state index contributed by atoms with van der Waals surface area (Å²) in [6.45, 7) is 0.860. The summed E-state index contributed by atoms with van der Waals surface area (Å²) in [5.41, 5.74) is 5.48. The monoisotopic (exact) mass is 559 g/mol. The van der Waals surface area contributed by atoms with Gasteiger partial charge in [-0.2, -0.15) is 0 Å². The number of hydrogen-bond acceptors (Lipinski definition) is 9. The number of amides is 1. The molecule has 2 fully saturated rings. The molecule has 0 bridgehead atoms. The number of nitrogens with zero attached hydrogens (tertiary/aromatic N) is 2. The number of benzene rings is 3. The molecule has 3 aliphatic rings. The van der Waals surface area contributed by atoms with Gasteiger partial charge in [0.05, 0.1) is 38.3 Å². The first kappa shape index (κ1) is 26.6. The van der Waals surface area contributed by atoms with Crippen molar-refractivity contribution in [2.45, 2.75) is 42.1 Å². The fourth-order valence-corrected chi connectivity index (χ4v) is 6.57. The Balaban J connectivity index is 1.50. The molecule has 11 heteroatoms. The van der Waals surface area contributed by atoms with Crippen LogP contribution in [0.1, 0.15) is 35.4 Å². The average Bonchev–Trinajstić information content (AvgIpc) is 3.57. The second-order valence-electron chi connectivity index (χ2n) is 10.2. The quantitative estimate of drug-likeness (QED) is 0.192. The highest BCUT2D eigenvalue weighted by molar-refractivity contribution is 5.74. The van der Waals surface area contributed by atoms with E-state index in [1.54, 1.807) is 19.2 Å². The summed E-state index contributed by atoms with van der Waals surface area (Å²) in [4.78, 5) is 15.7. The minimum atomic E-state index is -1.83. The molecule has 3 aromatic rings. The third kappa shape index (κ3) is 4.00. The Bertz CT molecular complexity index is 1490. The summed E-state index contributed by atoms with van der Waals surface area (Å²) in [6, 6.07) is 19.9. The van der Waals surface area contributed by atoms with Gasteiger partial charge in [0, 0.05) is 12.1 Å². The summed E-state index contributed by atoms with van der Waals surface area (Å²) in [5, 5.41) is 19.6. The molecule has 3 N–H and O–H groups in total. The van der Waals surface area contributed by atoms with Crippen molar-refractivity contribution >= 4 is 6.09 Å². The molecule has 1 saturated carbocycles. The second kappa shape index (κ2) is 10.4. The number of rotatable bonds is 10. The van der Waals surface area contributed by atoms with Gasteiger partial charge in [0.25, 0.3) is 0 Å². The Hall–Kier alpha value is -4.60. The lowest BCUT2D eigenvalue weighted by atomic mass is 9.71. The maximum absolute atomic E-state index is 13.0. The predicted molar refractivity (Wildman–Crippen MR) is 145 cm³/mol. The van der Waals surface area contributed by atoms with Gasteiger partial charge in [-0.25, -0.2) is 4.79 Å². The highest BCUT2D eigenvalue weighted by atomic mass is 16.6. The standard InChI is InChI=1S/C30H30N4O7/c1-37-20-12-10-19(11-13-20)30-24(18-8-4-3-5-9-18)26-27(40-28(35)33-26)29(30,36)25-22(38-2)16-21(17-23(25)41-30)39-15-7-6-14-32-34-31/h3-5,8-13,16-17,24,26-27,31,36H,6-7,14-15H2,1-2H3/p+1/t24-,26-,27-,29+,30+/m1/s1. The van der Waals surface area contributed by atoms with Crippen molar-refractivity contribution in [2.24, 2.45) is 5.11 Å². The van der Waals surface area contributed by atoms with Crippen molar-refractivity contribution in [1.29, 1.82) is 5.53 Å². The van der Waals surface area contributed by atoms with Gasteiger partial charge in [-0.3, -0.25) is 0 Å². The van der Waals surface area contributed by atoms with Gasteiger partial charge in [0.2, 0.25) is 4.91 Å². The first-order chi connectivity index (χ1) is 20.0. The number of nitrogens with one attached hydrogen (secondary N) is 2. The second-order valence-corrected chi connectivity index (χ2v) is 10.2. The van der Waals surface area contributed by atoms with Gasteiger partial charge in [-0.15, -0.1) is 0 Å². The molecule has 6 rings (SSSR count). The lowest BCUT2D eigenvalue weighted by Gasteiger charge is -2.41. The SMILES string of the molecule is COc1ccc([C@@]23Oc4cc(OCCCCN=[N+]=N)cc(OC)c4[C@]2(O)[C@@H]2OC(=O)N[C@@H]2[C@H]3c2ccccc2)cc1. The minimum absolute atomic E-state index is 0.355. The van der Waals surface area contributed by atoms with Gasteiger partial charge >= 0.3 is 6.09 Å². The largest absolute Gasteiger partial charge is 0.497 e. The van der Waals surface area contributed by atoms with Crippen molar-refractivity contribution in [3.8, 4) is 23.0 Å². The van der Waals surface area contributed by atoms with Crippen molar-refractivity contribution in [3.05, 3.63) is 83.4 Å². The van der Waals surface area contributed by atoms with Gasteiger partial charge in [-0.1, -0.05) is 42.5 Å². The van der Waals surface area contributed by atoms with Crippen molar-refractivity contribution in [1.82, 2.24) is 10.2 Å². The number of aliphatic hydroxyl groups is 1. The zero-order chi connectivity index (χ0) is 28.6. The summed E-state index contributed by atoms with van der Waals surface area (Å²) in [7, 11) is 3.11. The molecule has 11 nitrogen and oxygen atoms in total. The molecular formula is C30H31N4O7+. The van der Waals surface area contributed by atoms with E-state index < -0.39 is 35.4 Å². The highest BCUT2D eigenvalue weighted by Crippen LogP contribution is 2.69. The van der Waals surface area contributed by atoms with E-state index in [-0.39, 0.29) is 0 Å². The topological polar surface area (TPSA) is 146 Å². The van der Waals surface area contributed by atoms with Crippen molar-refractivity contribution in [3.63, 3.8) is 0 Å². The van der Waals surface area contributed by atoms with E-state index in [2.05, 4.69) is 15.3 Å². The Morgan fingerprint density at radius 1 is 1.05 bits per heavy atom. The molecule has 1 saturated heterocycles. The summed E-state index contributed by atoms with van der Waals surface area (Å²) in [6.07, 6.45) is -0.146. The maximum Gasteiger partial charge on any atom is 0.407 e. The van der Waals surface area contributed by atoms with E-state index in [0.29, 0.717) is 53.7 Å². The number of carbonyl (C=O) groups excluding carboxylic acids is 1. The molecule has 41 heavy (non-hydrogen) atoms. The van der Waals surface area contributed by atoms with Crippen LogP contribution in [0.4, 0.5) is 4.79 Å². The van der Waals surface area contributed by atoms with Crippen LogP contribution >= 0.6 is 0 Å². The Morgan fingerprint density at radius 3 is 2.54 bits per heavy atom. The van der Waals surface area contributed by atoms with Crippen LogP contribution in [0.3, 0.4) is 0 Å². The Labute approximate surface area is 236 Å². The van der Waals surface area contributed by atoms with Crippen LogP contribution in [-0.4, -0.2) is 50.7 Å². The van der Waals surface area contributed by atoms with Crippen LogP contribution in [0.25, 0.3) is 0 Å². The first-order valence-electron chi connectivity index (χ1n) is 13.4. The average molecular weight is 560 g/mol. The molecule has 0 aromatic heterocycles. The molecular weight excluding hydrogens is 528 g/mol.